The van der Waals surface area contributed by atoms with Crippen LogP contribution in [0.1, 0.15) is 35.6 Å². The highest BCUT2D eigenvalue weighted by Crippen LogP contribution is 2.41. The predicted molar refractivity (Wildman–Crippen MR) is 71.6 cm³/mol. The van der Waals surface area contributed by atoms with E-state index in [1.165, 1.54) is 16.7 Å². The highest BCUT2D eigenvalue weighted by molar-refractivity contribution is 5.58. The maximum Gasteiger partial charge on any atom is 0.188 e. The largest absolute Gasteiger partial charge is 0.490 e. The Morgan fingerprint density at radius 3 is 2.56 bits per heavy atom. The lowest BCUT2D eigenvalue weighted by molar-refractivity contribution is 0.0498. The molecule has 2 rings (SSSR count). The summed E-state index contributed by atoms with van der Waals surface area (Å²) >= 11 is 0. The molecule has 0 spiro atoms. The molecule has 0 saturated heterocycles. The van der Waals surface area contributed by atoms with E-state index >= 15 is 0 Å². The summed E-state index contributed by atoms with van der Waals surface area (Å²) < 4.78 is 16.7. The summed E-state index contributed by atoms with van der Waals surface area (Å²) in [6.45, 7) is 8.71. The van der Waals surface area contributed by atoms with Crippen molar-refractivity contribution >= 4 is 0 Å². The van der Waals surface area contributed by atoms with Crippen LogP contribution in [0.3, 0.4) is 0 Å². The average molecular weight is 250 g/mol. The van der Waals surface area contributed by atoms with Crippen LogP contribution < -0.4 is 9.47 Å². The van der Waals surface area contributed by atoms with Gasteiger partial charge in [0.25, 0.3) is 0 Å². The third kappa shape index (κ3) is 2.19. The third-order valence-corrected chi connectivity index (χ3v) is 3.75. The van der Waals surface area contributed by atoms with Crippen molar-refractivity contribution in [3.05, 3.63) is 22.3 Å². The van der Waals surface area contributed by atoms with E-state index in [-0.39, 0.29) is 6.79 Å². The van der Waals surface area contributed by atoms with Gasteiger partial charge in [0, 0.05) is 12.7 Å². The molecule has 1 aromatic rings. The topological polar surface area (TPSA) is 27.7 Å². The van der Waals surface area contributed by atoms with E-state index in [0.717, 1.165) is 29.9 Å². The molecule has 1 atom stereocenters. The summed E-state index contributed by atoms with van der Waals surface area (Å²) in [5, 5.41) is 0. The molecule has 3 heteroatoms. The van der Waals surface area contributed by atoms with Gasteiger partial charge in [-0.05, 0) is 57.2 Å². The number of hydrogen-bond donors (Lipinski definition) is 0. The van der Waals surface area contributed by atoms with Crippen molar-refractivity contribution in [1.29, 1.82) is 0 Å². The fourth-order valence-corrected chi connectivity index (χ4v) is 2.56. The van der Waals surface area contributed by atoms with Crippen molar-refractivity contribution in [2.24, 2.45) is 0 Å². The van der Waals surface area contributed by atoms with E-state index in [1.807, 2.05) is 0 Å². The van der Waals surface area contributed by atoms with E-state index in [9.17, 15) is 0 Å². The molecule has 1 aliphatic heterocycles. The minimum atomic E-state index is 0.289. The van der Waals surface area contributed by atoms with Crippen LogP contribution in [-0.4, -0.2) is 20.0 Å². The molecule has 1 heterocycles. The zero-order chi connectivity index (χ0) is 13.3. The van der Waals surface area contributed by atoms with E-state index in [1.54, 1.807) is 7.11 Å². The molecule has 3 nitrogen and oxygen atoms in total. The molecule has 1 unspecified atom stereocenters. The molecule has 1 aromatic carbocycles. The number of rotatable bonds is 3. The van der Waals surface area contributed by atoms with Gasteiger partial charge in [0.05, 0.1) is 6.10 Å². The van der Waals surface area contributed by atoms with Gasteiger partial charge in [-0.15, -0.1) is 0 Å². The van der Waals surface area contributed by atoms with Crippen LogP contribution in [0.15, 0.2) is 0 Å². The van der Waals surface area contributed by atoms with Crippen LogP contribution >= 0.6 is 0 Å². The molecule has 0 saturated carbocycles. The van der Waals surface area contributed by atoms with Gasteiger partial charge >= 0.3 is 0 Å². The monoisotopic (exact) mass is 250 g/mol. The fourth-order valence-electron chi connectivity index (χ4n) is 2.56. The zero-order valence-electron chi connectivity index (χ0n) is 11.9. The summed E-state index contributed by atoms with van der Waals surface area (Å²) in [6, 6.07) is 0. The standard InChI is InChI=1S/C15H22O3/c1-9-6-7-13-12(4)14(17-8-16-5)10(2)11(3)15(13)18-9/h9H,6-8H2,1-5H3. The molecule has 0 aliphatic carbocycles. The first-order valence-electron chi connectivity index (χ1n) is 6.47. The summed E-state index contributed by atoms with van der Waals surface area (Å²) in [6.07, 6.45) is 2.44. The molecule has 18 heavy (non-hydrogen) atoms. The van der Waals surface area contributed by atoms with Gasteiger partial charge < -0.3 is 14.2 Å². The molecule has 100 valence electrons. The molecule has 0 aromatic heterocycles. The molecular weight excluding hydrogens is 228 g/mol. The van der Waals surface area contributed by atoms with Gasteiger partial charge in [-0.1, -0.05) is 0 Å². The maximum atomic E-state index is 6.00. The van der Waals surface area contributed by atoms with E-state index < -0.39 is 0 Å². The summed E-state index contributed by atoms with van der Waals surface area (Å²) in [5.74, 6) is 2.01. The smallest absolute Gasteiger partial charge is 0.188 e. The SMILES string of the molecule is COCOc1c(C)c(C)c2c(c1C)CCC(C)O2. The number of hydrogen-bond acceptors (Lipinski definition) is 3. The van der Waals surface area contributed by atoms with Gasteiger partial charge in [0.2, 0.25) is 0 Å². The van der Waals surface area contributed by atoms with Gasteiger partial charge in [-0.25, -0.2) is 0 Å². The second-order valence-electron chi connectivity index (χ2n) is 5.03. The zero-order valence-corrected chi connectivity index (χ0v) is 11.9. The van der Waals surface area contributed by atoms with Crippen molar-refractivity contribution in [3.8, 4) is 11.5 Å². The van der Waals surface area contributed by atoms with Crippen LogP contribution in [-0.2, 0) is 11.2 Å². The quantitative estimate of drug-likeness (QED) is 0.770. The predicted octanol–water partition coefficient (Wildman–Crippen LogP) is 3.31. The minimum Gasteiger partial charge on any atom is -0.490 e. The molecule has 0 N–H and O–H groups in total. The lowest BCUT2D eigenvalue weighted by atomic mass is 9.92. The van der Waals surface area contributed by atoms with E-state index in [0.29, 0.717) is 6.10 Å². The number of ether oxygens (including phenoxy) is 3. The molecule has 0 amide bonds. The van der Waals surface area contributed by atoms with Crippen LogP contribution in [0.4, 0.5) is 0 Å². The fraction of sp³-hybridized carbons (Fsp3) is 0.600. The first-order chi connectivity index (χ1) is 8.56. The second-order valence-corrected chi connectivity index (χ2v) is 5.03. The van der Waals surface area contributed by atoms with Crippen LogP contribution in [0.25, 0.3) is 0 Å². The Balaban J connectivity index is 2.48. The summed E-state index contributed by atoms with van der Waals surface area (Å²) in [4.78, 5) is 0. The Hall–Kier alpha value is -1.22. The highest BCUT2D eigenvalue weighted by atomic mass is 16.7. The van der Waals surface area contributed by atoms with Gasteiger partial charge in [0.15, 0.2) is 6.79 Å². The van der Waals surface area contributed by atoms with Crippen molar-refractivity contribution in [3.63, 3.8) is 0 Å². The van der Waals surface area contributed by atoms with Gasteiger partial charge in [0.1, 0.15) is 11.5 Å². The molecule has 0 fully saturated rings. The number of methoxy groups -OCH3 is 1. The van der Waals surface area contributed by atoms with Crippen LogP contribution in [0, 0.1) is 20.8 Å². The van der Waals surface area contributed by atoms with Crippen LogP contribution in [0.2, 0.25) is 0 Å². The third-order valence-electron chi connectivity index (χ3n) is 3.75. The van der Waals surface area contributed by atoms with Crippen molar-refractivity contribution < 1.29 is 14.2 Å². The molecule has 1 aliphatic rings. The van der Waals surface area contributed by atoms with Crippen molar-refractivity contribution in [2.75, 3.05) is 13.9 Å². The number of benzene rings is 1. The van der Waals surface area contributed by atoms with Gasteiger partial charge in [-0.2, -0.15) is 0 Å². The van der Waals surface area contributed by atoms with Crippen molar-refractivity contribution in [2.45, 2.75) is 46.6 Å². The van der Waals surface area contributed by atoms with Crippen LogP contribution in [0.5, 0.6) is 11.5 Å². The highest BCUT2D eigenvalue weighted by Gasteiger charge is 2.24. The van der Waals surface area contributed by atoms with E-state index in [4.69, 9.17) is 14.2 Å². The Bertz CT molecular complexity index is 452. The normalized spacial score (nSPS) is 18.2. The Morgan fingerprint density at radius 2 is 1.89 bits per heavy atom. The lowest BCUT2D eigenvalue weighted by Gasteiger charge is -2.29. The summed E-state index contributed by atoms with van der Waals surface area (Å²) in [7, 11) is 1.64. The molecule has 0 bridgehead atoms. The van der Waals surface area contributed by atoms with Crippen molar-refractivity contribution in [1.82, 2.24) is 0 Å². The Labute approximate surface area is 109 Å². The summed E-state index contributed by atoms with van der Waals surface area (Å²) in [5.41, 5.74) is 4.82. The average Bonchev–Trinajstić information content (AvgIpc) is 2.36. The molecule has 0 radical (unpaired) electrons. The first-order valence-corrected chi connectivity index (χ1v) is 6.47. The van der Waals surface area contributed by atoms with E-state index in [2.05, 4.69) is 27.7 Å². The number of fused-ring (bicyclic) bond motifs is 1. The first kappa shape index (κ1) is 13.2. The second kappa shape index (κ2) is 5.19. The lowest BCUT2D eigenvalue weighted by Crippen LogP contribution is -2.21. The Kier molecular flexibility index (Phi) is 3.81. The molecular formula is C15H22O3. The minimum absolute atomic E-state index is 0.289. The Morgan fingerprint density at radius 1 is 1.17 bits per heavy atom. The van der Waals surface area contributed by atoms with Gasteiger partial charge in [-0.3, -0.25) is 0 Å². The maximum absolute atomic E-state index is 6.00.